The van der Waals surface area contributed by atoms with Gasteiger partial charge in [0.15, 0.2) is 11.0 Å². The largest absolute Gasteiger partial charge is 0.382 e. The van der Waals surface area contributed by atoms with Gasteiger partial charge in [-0.25, -0.2) is 9.67 Å². The van der Waals surface area contributed by atoms with Crippen molar-refractivity contribution in [1.82, 2.24) is 29.8 Å². The second kappa shape index (κ2) is 9.99. The summed E-state index contributed by atoms with van der Waals surface area (Å²) in [5.74, 6) is 1.28. The maximum Gasteiger partial charge on any atom is 0.262 e. The van der Waals surface area contributed by atoms with Crippen LogP contribution in [0.4, 0.5) is 0 Å². The fraction of sp³-hybridized carbons (Fsp3) is 0.500. The molecule has 0 aliphatic carbocycles. The van der Waals surface area contributed by atoms with Crippen LogP contribution >= 0.6 is 23.4 Å². The zero-order chi connectivity index (χ0) is 19.9. The molecule has 0 bridgehead atoms. The highest BCUT2D eigenvalue weighted by atomic mass is 35.5. The van der Waals surface area contributed by atoms with E-state index in [-0.39, 0.29) is 5.56 Å². The lowest BCUT2D eigenvalue weighted by Gasteiger charge is -2.13. The normalized spacial score (nSPS) is 11.4. The Morgan fingerprint density at radius 3 is 2.89 bits per heavy atom. The van der Waals surface area contributed by atoms with Gasteiger partial charge in [-0.05, 0) is 48.4 Å². The van der Waals surface area contributed by atoms with Gasteiger partial charge in [-0.3, -0.25) is 9.36 Å². The van der Waals surface area contributed by atoms with Crippen molar-refractivity contribution in [2.24, 2.45) is 0 Å². The van der Waals surface area contributed by atoms with Crippen LogP contribution < -0.4 is 5.56 Å². The molecular formula is C18H23ClN6O2S. The maximum atomic E-state index is 13.0. The first-order chi connectivity index (χ1) is 13.6. The Kier molecular flexibility index (Phi) is 7.41. The van der Waals surface area contributed by atoms with Gasteiger partial charge in [0.05, 0.1) is 16.7 Å². The number of tetrazole rings is 1. The quantitative estimate of drug-likeness (QED) is 0.281. The van der Waals surface area contributed by atoms with E-state index in [1.165, 1.54) is 11.8 Å². The second-order valence-electron chi connectivity index (χ2n) is 6.17. The number of halogens is 1. The Bertz CT molecular complexity index is 990. The van der Waals surface area contributed by atoms with E-state index in [1.54, 1.807) is 27.4 Å². The molecule has 2 aromatic heterocycles. The molecule has 2 heterocycles. The number of aromatic nitrogens is 6. The zero-order valence-electron chi connectivity index (χ0n) is 16.0. The summed E-state index contributed by atoms with van der Waals surface area (Å²) in [6.45, 7) is 6.57. The summed E-state index contributed by atoms with van der Waals surface area (Å²) in [4.78, 5) is 17.7. The van der Waals surface area contributed by atoms with Crippen LogP contribution in [0.3, 0.4) is 0 Å². The Hall–Kier alpha value is -1.97. The number of aryl methyl sites for hydroxylation is 1. The van der Waals surface area contributed by atoms with Gasteiger partial charge in [0.25, 0.3) is 5.56 Å². The summed E-state index contributed by atoms with van der Waals surface area (Å²) in [6.07, 6.45) is 1.67. The van der Waals surface area contributed by atoms with E-state index < -0.39 is 0 Å². The van der Waals surface area contributed by atoms with Crippen molar-refractivity contribution in [2.45, 2.75) is 50.7 Å². The molecule has 0 N–H and O–H groups in total. The smallest absolute Gasteiger partial charge is 0.262 e. The Labute approximate surface area is 172 Å². The van der Waals surface area contributed by atoms with Crippen molar-refractivity contribution < 1.29 is 4.74 Å². The van der Waals surface area contributed by atoms with Crippen LogP contribution in [0.25, 0.3) is 10.9 Å². The molecule has 0 saturated carbocycles. The molecule has 150 valence electrons. The highest BCUT2D eigenvalue weighted by molar-refractivity contribution is 7.98. The summed E-state index contributed by atoms with van der Waals surface area (Å²) in [5, 5.41) is 13.6. The average Bonchev–Trinajstić information content (AvgIpc) is 3.12. The number of benzene rings is 1. The van der Waals surface area contributed by atoms with Crippen molar-refractivity contribution in [3.63, 3.8) is 0 Å². The lowest BCUT2D eigenvalue weighted by atomic mass is 10.2. The minimum absolute atomic E-state index is 0.0752. The van der Waals surface area contributed by atoms with Gasteiger partial charge in [0.1, 0.15) is 0 Å². The Morgan fingerprint density at radius 1 is 1.25 bits per heavy atom. The van der Waals surface area contributed by atoms with E-state index in [1.807, 2.05) is 6.92 Å². The van der Waals surface area contributed by atoms with Crippen LogP contribution in [0.15, 0.2) is 28.2 Å². The van der Waals surface area contributed by atoms with Crippen LogP contribution in [0.2, 0.25) is 5.02 Å². The fourth-order valence-corrected chi connectivity index (χ4v) is 3.92. The van der Waals surface area contributed by atoms with Crippen LogP contribution in [-0.4, -0.2) is 43.0 Å². The van der Waals surface area contributed by atoms with Crippen molar-refractivity contribution in [3.8, 4) is 0 Å². The molecule has 28 heavy (non-hydrogen) atoms. The first kappa shape index (κ1) is 20.8. The molecule has 3 rings (SSSR count). The van der Waals surface area contributed by atoms with E-state index in [0.29, 0.717) is 46.6 Å². The van der Waals surface area contributed by atoms with E-state index >= 15 is 0 Å². The molecule has 0 aliphatic rings. The molecule has 0 radical (unpaired) electrons. The van der Waals surface area contributed by atoms with Gasteiger partial charge in [-0.15, -0.1) is 5.10 Å². The number of nitrogens with zero attached hydrogens (tertiary/aromatic N) is 6. The molecule has 0 amide bonds. The van der Waals surface area contributed by atoms with Crippen molar-refractivity contribution in [1.29, 1.82) is 0 Å². The number of fused-ring (bicyclic) bond motifs is 1. The standard InChI is InChI=1S/C18H23ClN6O2S/c1-3-8-25-16(21-22-23-25)12-28-18-20-15-11-13(19)6-7-14(15)17(26)24(18)9-5-10-27-4-2/h6-7,11H,3-5,8-10,12H2,1-2H3. The number of thioether (sulfide) groups is 1. The monoisotopic (exact) mass is 422 g/mol. The number of ether oxygens (including phenoxy) is 1. The lowest BCUT2D eigenvalue weighted by Crippen LogP contribution is -2.24. The van der Waals surface area contributed by atoms with E-state index in [2.05, 4.69) is 22.4 Å². The van der Waals surface area contributed by atoms with E-state index in [0.717, 1.165) is 25.2 Å². The lowest BCUT2D eigenvalue weighted by molar-refractivity contribution is 0.140. The van der Waals surface area contributed by atoms with Gasteiger partial charge < -0.3 is 4.74 Å². The summed E-state index contributed by atoms with van der Waals surface area (Å²) in [5.41, 5.74) is 0.517. The van der Waals surface area contributed by atoms with Crippen molar-refractivity contribution in [2.75, 3.05) is 13.2 Å². The van der Waals surface area contributed by atoms with Crippen molar-refractivity contribution in [3.05, 3.63) is 39.4 Å². The van der Waals surface area contributed by atoms with Gasteiger partial charge >= 0.3 is 0 Å². The molecule has 1 aromatic carbocycles. The average molecular weight is 423 g/mol. The van der Waals surface area contributed by atoms with Gasteiger partial charge in [0.2, 0.25) is 0 Å². The van der Waals surface area contributed by atoms with Crippen LogP contribution in [0.5, 0.6) is 0 Å². The van der Waals surface area contributed by atoms with Crippen LogP contribution in [0.1, 0.15) is 32.5 Å². The van der Waals surface area contributed by atoms with Crippen molar-refractivity contribution >= 4 is 34.3 Å². The number of hydrogen-bond acceptors (Lipinski definition) is 7. The third-order valence-corrected chi connectivity index (χ3v) is 5.34. The van der Waals surface area contributed by atoms with E-state index in [4.69, 9.17) is 21.3 Å². The molecule has 10 heteroatoms. The summed E-state index contributed by atoms with van der Waals surface area (Å²) < 4.78 is 8.89. The summed E-state index contributed by atoms with van der Waals surface area (Å²) in [6, 6.07) is 5.15. The van der Waals surface area contributed by atoms with Gasteiger partial charge in [-0.2, -0.15) is 0 Å². The molecule has 3 aromatic rings. The SMILES string of the molecule is CCCn1nnnc1CSc1nc2cc(Cl)ccc2c(=O)n1CCCOCC. The molecule has 0 spiro atoms. The van der Waals surface area contributed by atoms with Gasteiger partial charge in [-0.1, -0.05) is 30.3 Å². The maximum absolute atomic E-state index is 13.0. The third-order valence-electron chi connectivity index (χ3n) is 4.13. The molecule has 8 nitrogen and oxygen atoms in total. The second-order valence-corrected chi connectivity index (χ2v) is 7.55. The third kappa shape index (κ3) is 4.89. The number of rotatable bonds is 10. The molecular weight excluding hydrogens is 400 g/mol. The fourth-order valence-electron chi connectivity index (χ4n) is 2.79. The highest BCUT2D eigenvalue weighted by Gasteiger charge is 2.14. The van der Waals surface area contributed by atoms with Crippen LogP contribution in [0, 0.1) is 0 Å². The topological polar surface area (TPSA) is 87.7 Å². The molecule has 0 atom stereocenters. The molecule has 0 aliphatic heterocycles. The Morgan fingerprint density at radius 2 is 2.11 bits per heavy atom. The van der Waals surface area contributed by atoms with E-state index in [9.17, 15) is 4.79 Å². The highest BCUT2D eigenvalue weighted by Crippen LogP contribution is 2.23. The summed E-state index contributed by atoms with van der Waals surface area (Å²) in [7, 11) is 0. The summed E-state index contributed by atoms with van der Waals surface area (Å²) >= 11 is 7.54. The van der Waals surface area contributed by atoms with Crippen LogP contribution in [-0.2, 0) is 23.6 Å². The molecule has 0 unspecified atom stereocenters. The molecule has 0 fully saturated rings. The minimum atomic E-state index is -0.0752. The predicted molar refractivity (Wildman–Crippen MR) is 110 cm³/mol. The predicted octanol–water partition coefficient (Wildman–Crippen LogP) is 3.17. The molecule has 0 saturated heterocycles. The number of hydrogen-bond donors (Lipinski definition) is 0. The first-order valence-electron chi connectivity index (χ1n) is 9.29. The minimum Gasteiger partial charge on any atom is -0.382 e. The Balaban J connectivity index is 1.90. The first-order valence-corrected chi connectivity index (χ1v) is 10.7. The zero-order valence-corrected chi connectivity index (χ0v) is 17.5. The van der Waals surface area contributed by atoms with Gasteiger partial charge in [0, 0.05) is 31.3 Å².